The molecule has 112 valence electrons. The van der Waals surface area contributed by atoms with Crippen LogP contribution >= 0.6 is 0 Å². The normalized spacial score (nSPS) is 40.7. The maximum absolute atomic E-state index is 12.9. The zero-order chi connectivity index (χ0) is 15.0. The molecule has 0 aromatic heterocycles. The number of amides is 2. The Balaban J connectivity index is 1.54. The molecule has 1 heterocycles. The van der Waals surface area contributed by atoms with Crippen molar-refractivity contribution in [2.75, 3.05) is 12.0 Å². The molecule has 2 bridgehead atoms. The molecule has 1 aromatic rings. The number of nitrogens with zero attached hydrogens (tertiary/aromatic N) is 1. The second-order valence-corrected chi connectivity index (χ2v) is 6.86. The highest BCUT2D eigenvalue weighted by Crippen LogP contribution is 2.65. The minimum absolute atomic E-state index is 0.00938. The molecule has 5 aliphatic rings. The lowest BCUT2D eigenvalue weighted by Gasteiger charge is -2.37. The first-order chi connectivity index (χ1) is 10.7. The summed E-state index contributed by atoms with van der Waals surface area (Å²) in [5, 5.41) is 0. The monoisotopic (exact) mass is 295 g/mol. The van der Waals surface area contributed by atoms with E-state index in [1.54, 1.807) is 31.4 Å². The topological polar surface area (TPSA) is 46.6 Å². The van der Waals surface area contributed by atoms with Gasteiger partial charge in [0.05, 0.1) is 24.6 Å². The Hall–Kier alpha value is -2.10. The van der Waals surface area contributed by atoms with Gasteiger partial charge in [0.1, 0.15) is 5.75 Å². The van der Waals surface area contributed by atoms with Crippen molar-refractivity contribution in [2.45, 2.75) is 6.42 Å². The average molecular weight is 295 g/mol. The quantitative estimate of drug-likeness (QED) is 0.621. The van der Waals surface area contributed by atoms with Gasteiger partial charge in [0, 0.05) is 0 Å². The van der Waals surface area contributed by atoms with E-state index in [-0.39, 0.29) is 35.5 Å². The lowest BCUT2D eigenvalue weighted by atomic mass is 9.63. The third-order valence-electron chi connectivity index (χ3n) is 5.99. The van der Waals surface area contributed by atoms with Crippen LogP contribution in [0, 0.1) is 35.5 Å². The van der Waals surface area contributed by atoms with Crippen LogP contribution in [0.25, 0.3) is 0 Å². The van der Waals surface area contributed by atoms with Crippen LogP contribution in [-0.4, -0.2) is 18.9 Å². The van der Waals surface area contributed by atoms with Gasteiger partial charge in [-0.3, -0.25) is 14.5 Å². The summed E-state index contributed by atoms with van der Waals surface area (Å²) in [6.07, 6.45) is 5.59. The Morgan fingerprint density at radius 1 is 0.955 bits per heavy atom. The number of hydrogen-bond donors (Lipinski definition) is 0. The fraction of sp³-hybridized carbons (Fsp3) is 0.444. The van der Waals surface area contributed by atoms with Crippen LogP contribution in [-0.2, 0) is 9.59 Å². The van der Waals surface area contributed by atoms with Crippen molar-refractivity contribution in [2.24, 2.45) is 35.5 Å². The van der Waals surface area contributed by atoms with Gasteiger partial charge < -0.3 is 4.74 Å². The molecule has 3 fully saturated rings. The van der Waals surface area contributed by atoms with E-state index in [4.69, 9.17) is 4.74 Å². The summed E-state index contributed by atoms with van der Waals surface area (Å²) in [6, 6.07) is 7.18. The first kappa shape index (κ1) is 12.4. The Morgan fingerprint density at radius 2 is 1.50 bits per heavy atom. The summed E-state index contributed by atoms with van der Waals surface area (Å²) >= 11 is 0. The summed E-state index contributed by atoms with van der Waals surface area (Å²) < 4.78 is 5.15. The predicted octanol–water partition coefficient (Wildman–Crippen LogP) is 2.25. The number of rotatable bonds is 2. The van der Waals surface area contributed by atoms with E-state index in [2.05, 4.69) is 12.2 Å². The van der Waals surface area contributed by atoms with E-state index < -0.39 is 0 Å². The summed E-state index contributed by atoms with van der Waals surface area (Å²) in [7, 11) is 1.60. The second-order valence-electron chi connectivity index (χ2n) is 6.86. The first-order valence-electron chi connectivity index (χ1n) is 7.91. The van der Waals surface area contributed by atoms with Crippen molar-refractivity contribution in [1.29, 1.82) is 0 Å². The molecular weight excluding hydrogens is 278 g/mol. The lowest BCUT2D eigenvalue weighted by molar-refractivity contribution is -0.124. The van der Waals surface area contributed by atoms with Gasteiger partial charge in [-0.15, -0.1) is 0 Å². The summed E-state index contributed by atoms with van der Waals surface area (Å²) in [5.41, 5.74) is 0.665. The molecule has 0 unspecified atom stereocenters. The predicted molar refractivity (Wildman–Crippen MR) is 80.2 cm³/mol. The van der Waals surface area contributed by atoms with Crippen molar-refractivity contribution >= 4 is 17.5 Å². The number of carbonyl (C=O) groups excluding carboxylic acids is 2. The van der Waals surface area contributed by atoms with Gasteiger partial charge in [0.2, 0.25) is 11.8 Å². The lowest BCUT2D eigenvalue weighted by Crippen LogP contribution is -2.40. The van der Waals surface area contributed by atoms with Crippen LogP contribution in [0.1, 0.15) is 6.42 Å². The molecule has 0 spiro atoms. The van der Waals surface area contributed by atoms with Gasteiger partial charge in [-0.05, 0) is 54.4 Å². The van der Waals surface area contributed by atoms with Crippen molar-refractivity contribution in [3.63, 3.8) is 0 Å². The molecule has 4 aliphatic carbocycles. The van der Waals surface area contributed by atoms with Gasteiger partial charge >= 0.3 is 0 Å². The van der Waals surface area contributed by atoms with E-state index in [1.165, 1.54) is 11.3 Å². The summed E-state index contributed by atoms with van der Waals surface area (Å²) in [5.74, 6) is 2.28. The van der Waals surface area contributed by atoms with E-state index in [9.17, 15) is 9.59 Å². The molecule has 2 amide bonds. The minimum atomic E-state index is -0.131. The van der Waals surface area contributed by atoms with Crippen molar-refractivity contribution in [3.05, 3.63) is 36.4 Å². The van der Waals surface area contributed by atoms with Gasteiger partial charge in [0.25, 0.3) is 0 Å². The van der Waals surface area contributed by atoms with Gasteiger partial charge in [-0.25, -0.2) is 0 Å². The molecule has 1 aromatic carbocycles. The molecule has 1 saturated heterocycles. The van der Waals surface area contributed by atoms with E-state index in [0.717, 1.165) is 5.75 Å². The molecular formula is C18H17NO3. The number of imide groups is 1. The van der Waals surface area contributed by atoms with Crippen LogP contribution in [0.15, 0.2) is 36.4 Å². The third kappa shape index (κ3) is 1.38. The average Bonchev–Trinajstić information content (AvgIpc) is 3.32. The van der Waals surface area contributed by atoms with Crippen molar-refractivity contribution in [3.8, 4) is 5.75 Å². The smallest absolute Gasteiger partial charge is 0.238 e. The van der Waals surface area contributed by atoms with Crippen LogP contribution in [0.4, 0.5) is 5.69 Å². The Kier molecular flexibility index (Phi) is 2.26. The third-order valence-corrected chi connectivity index (χ3v) is 5.99. The fourth-order valence-corrected chi connectivity index (χ4v) is 4.94. The zero-order valence-electron chi connectivity index (χ0n) is 12.3. The molecule has 6 atom stereocenters. The highest BCUT2D eigenvalue weighted by molar-refractivity contribution is 6.22. The maximum atomic E-state index is 12.9. The van der Waals surface area contributed by atoms with Crippen LogP contribution < -0.4 is 9.64 Å². The molecule has 4 nitrogen and oxygen atoms in total. The number of carbonyl (C=O) groups is 2. The number of allylic oxidation sites excluding steroid dienone is 2. The molecule has 4 heteroatoms. The van der Waals surface area contributed by atoms with Gasteiger partial charge in [0.15, 0.2) is 0 Å². The van der Waals surface area contributed by atoms with Crippen LogP contribution in [0.5, 0.6) is 5.75 Å². The summed E-state index contributed by atoms with van der Waals surface area (Å²) in [6.45, 7) is 0. The number of ether oxygens (including phenoxy) is 1. The molecule has 1 aliphatic heterocycles. The Bertz CT molecular complexity index is 672. The number of benzene rings is 1. The molecule has 2 saturated carbocycles. The number of methoxy groups -OCH3 is 1. The van der Waals surface area contributed by atoms with E-state index in [1.807, 2.05) is 0 Å². The zero-order valence-corrected chi connectivity index (χ0v) is 12.3. The highest BCUT2D eigenvalue weighted by Gasteiger charge is 2.67. The van der Waals surface area contributed by atoms with Crippen molar-refractivity contribution in [1.82, 2.24) is 0 Å². The standard InChI is InChI=1S/C18H17NO3/c1-22-10-4-2-9(3-5-10)19-17(20)15-11-6-7-12(14-8-13(11)14)16(15)18(19)21/h2-7,11-16H,8H2,1H3/t11-,12-,13-,14-,15-,16+/m1/s1. The Morgan fingerprint density at radius 3 is 2.00 bits per heavy atom. The molecule has 0 radical (unpaired) electrons. The Labute approximate surface area is 128 Å². The van der Waals surface area contributed by atoms with Gasteiger partial charge in [-0.1, -0.05) is 12.2 Å². The van der Waals surface area contributed by atoms with Gasteiger partial charge in [-0.2, -0.15) is 0 Å². The van der Waals surface area contributed by atoms with E-state index in [0.29, 0.717) is 17.5 Å². The molecule has 6 rings (SSSR count). The minimum Gasteiger partial charge on any atom is -0.497 e. The molecule has 22 heavy (non-hydrogen) atoms. The number of hydrogen-bond acceptors (Lipinski definition) is 3. The van der Waals surface area contributed by atoms with Crippen LogP contribution in [0.3, 0.4) is 0 Å². The fourth-order valence-electron chi connectivity index (χ4n) is 4.94. The second kappa shape index (κ2) is 4.00. The maximum Gasteiger partial charge on any atom is 0.238 e. The summed E-state index contributed by atoms with van der Waals surface area (Å²) in [4.78, 5) is 27.2. The molecule has 0 N–H and O–H groups in total. The SMILES string of the molecule is COc1ccc(N2C(=O)[C@@H]3[C@@H]4C=C[C@H]([C@H]5C[C@H]45)[C@@H]3C2=O)cc1. The number of anilines is 1. The largest absolute Gasteiger partial charge is 0.497 e. The highest BCUT2D eigenvalue weighted by atomic mass is 16.5. The van der Waals surface area contributed by atoms with Crippen molar-refractivity contribution < 1.29 is 14.3 Å². The van der Waals surface area contributed by atoms with Crippen LogP contribution in [0.2, 0.25) is 0 Å². The first-order valence-corrected chi connectivity index (χ1v) is 7.91. The van der Waals surface area contributed by atoms with E-state index >= 15 is 0 Å².